The molecule has 0 spiro atoms. The summed E-state index contributed by atoms with van der Waals surface area (Å²) in [7, 11) is 3.00. The molecule has 7 aliphatic rings. The largest absolute Gasteiger partial charge is 0.389 e. The number of hydroxylamine groups is 8. The number of halogens is 6. The first-order valence-electron chi connectivity index (χ1n) is 41.8. The molecule has 2 atom stereocenters. The summed E-state index contributed by atoms with van der Waals surface area (Å²) in [5.41, 5.74) is 12.2. The maximum Gasteiger partial charge on any atom is 0.322 e. The van der Waals surface area contributed by atoms with E-state index in [1.807, 2.05) is 27.7 Å². The monoisotopic (exact) mass is 1900 g/mol. The zero-order valence-corrected chi connectivity index (χ0v) is 76.0. The number of ketones is 1. The summed E-state index contributed by atoms with van der Waals surface area (Å²) in [6.45, 7) is 13.1. The van der Waals surface area contributed by atoms with Crippen LogP contribution in [0.3, 0.4) is 0 Å². The van der Waals surface area contributed by atoms with E-state index in [0.29, 0.717) is 154 Å². The Morgan fingerprint density at radius 1 is 0.450 bits per heavy atom. The van der Waals surface area contributed by atoms with Gasteiger partial charge in [-0.15, -0.1) is 0 Å². The topological polar surface area (TPSA) is 461 Å². The van der Waals surface area contributed by atoms with Gasteiger partial charge in [-0.25, -0.2) is 48.6 Å². The van der Waals surface area contributed by atoms with Gasteiger partial charge in [-0.3, -0.25) is 68.8 Å². The van der Waals surface area contributed by atoms with Gasteiger partial charge in [-0.2, -0.15) is 25.5 Å². The van der Waals surface area contributed by atoms with Crippen molar-refractivity contribution in [2.45, 2.75) is 130 Å². The second-order valence-corrected chi connectivity index (χ2v) is 33.6. The van der Waals surface area contributed by atoms with Gasteiger partial charge in [-0.05, 0) is 119 Å². The van der Waals surface area contributed by atoms with Crippen molar-refractivity contribution >= 4 is 146 Å². The van der Waals surface area contributed by atoms with Crippen molar-refractivity contribution in [3.63, 3.8) is 0 Å². The van der Waals surface area contributed by atoms with Gasteiger partial charge in [0.15, 0.2) is 28.6 Å². The van der Waals surface area contributed by atoms with Crippen LogP contribution in [0.1, 0.15) is 150 Å². The van der Waals surface area contributed by atoms with Crippen molar-refractivity contribution < 1.29 is 76.8 Å². The van der Waals surface area contributed by atoms with Crippen LogP contribution in [0.25, 0.3) is 0 Å². The van der Waals surface area contributed by atoms with Crippen LogP contribution in [0.15, 0.2) is 121 Å². The number of amides is 14. The number of urea groups is 5. The van der Waals surface area contributed by atoms with E-state index in [0.717, 1.165) is 49.7 Å². The first-order valence-corrected chi connectivity index (χ1v) is 43.7. The number of fused-ring (bicyclic) bond motifs is 5. The molecule has 11 N–H and O–H groups in total. The number of hydrogen-bond donors (Lipinski definition) is 11. The third kappa shape index (κ3) is 24.3. The van der Waals surface area contributed by atoms with Gasteiger partial charge in [0.1, 0.15) is 31.2 Å². The van der Waals surface area contributed by atoms with Crippen molar-refractivity contribution in [1.29, 1.82) is 0 Å². The van der Waals surface area contributed by atoms with Crippen LogP contribution in [0.4, 0.5) is 56.8 Å². The number of carbonyl (C=O) groups excluding carboxylic acids is 10. The number of carbonyl (C=O) groups is 10. The second kappa shape index (κ2) is 43.8. The Hall–Kier alpha value is -12.8. The maximum atomic E-state index is 13.3. The van der Waals surface area contributed by atoms with E-state index < -0.39 is 24.1 Å². The summed E-state index contributed by atoms with van der Waals surface area (Å²) >= 11 is 29.7. The van der Waals surface area contributed by atoms with Gasteiger partial charge < -0.3 is 56.2 Å². The van der Waals surface area contributed by atoms with E-state index in [-0.39, 0.29) is 135 Å². The summed E-state index contributed by atoms with van der Waals surface area (Å²) in [6.07, 6.45) is 1.28. The number of H-pyrrole nitrogens is 5. The molecule has 692 valence electrons. The van der Waals surface area contributed by atoms with Crippen LogP contribution < -0.4 is 26.6 Å². The fraction of sp³-hybridized carbons (Fsp3) is 0.360. The third-order valence-corrected chi connectivity index (χ3v) is 22.6. The predicted octanol–water partition coefficient (Wildman–Crippen LogP) is 13.2. The number of Topliss-reactive ketones (excluding diaryl/α,β-unsaturated/α-hetero) is 1. The average molecular weight is 1900 g/mol. The molecule has 39 nitrogen and oxygen atoms in total. The molecular formula is C86H96Cl5FN24O15. The maximum absolute atomic E-state index is 13.3. The fourth-order valence-corrected chi connectivity index (χ4v) is 15.8. The van der Waals surface area contributed by atoms with Crippen LogP contribution in [-0.2, 0) is 84.2 Å². The lowest BCUT2D eigenvalue weighted by Crippen LogP contribution is -2.40. The summed E-state index contributed by atoms with van der Waals surface area (Å²) in [5.74, 6) is -1.63. The quantitative estimate of drug-likeness (QED) is 0.0335. The van der Waals surface area contributed by atoms with E-state index in [9.17, 15) is 57.4 Å². The molecule has 0 aliphatic carbocycles. The normalized spacial score (nSPS) is 15.8. The predicted molar refractivity (Wildman–Crippen MR) is 482 cm³/mol. The molecule has 10 aromatic rings. The molecule has 0 saturated carbocycles. The van der Waals surface area contributed by atoms with E-state index in [1.54, 1.807) is 160 Å². The Kier molecular flexibility index (Phi) is 32.0. The van der Waals surface area contributed by atoms with Gasteiger partial charge >= 0.3 is 30.2 Å². The standard InChI is InChI=1S/2C18H22ClN5O3.C17H17ClFN5O3.C17H18ClN5O4.C16H17ClN4O2/c1-11(2)24(27-3)17(25)16-14-10-23(8-7-15(14)21-22-16)18(26)20-13-6-4-5-12(19)9-13;1-11(2)27-23(3)17(25)16-14-10-24(8-7-15(14)21-22-16)18(26)20-13-6-4-5-12(19)9-13;18-10-2-1-3-12(6-10)20-17(26)23-5-4-14-13(8-23)15(22-21-14)16(25)24-7-11(19)9-27-24;18-10-2-1-3-11(6-10)19-17(26)22-5-4-14-13(8-22)15(21-20-14)16(25)23-7-12(24)9-27-23;1-2-14(22)15-12-9-21(7-6-13(12)19-20-15)16(23)18-11-5-3-4-10(17)8-11/h2*4-6,9,11H,7-8,10H2,1-3H3,(H,20,26)(H,21,22);1-3,6,11H,4-5,7-9H2,(H,20,26)(H,21,22);1-3,6,12,24H,4-5,7-9H2,(H,19,26)(H,20,21);3-5,8H,2,6-7,9H2,1H3,(H,18,23)(H,19,20). The highest BCUT2D eigenvalue weighted by Gasteiger charge is 2.39. The van der Waals surface area contributed by atoms with Gasteiger partial charge in [0.2, 0.25) is 0 Å². The van der Waals surface area contributed by atoms with E-state index in [1.165, 1.54) is 17.2 Å². The molecule has 131 heavy (non-hydrogen) atoms. The highest BCUT2D eigenvalue weighted by atomic mass is 35.5. The number of β-amino-alcohol motifs (C(OH)–C–C–N with tert-alkyl or cyclic N) is 1. The summed E-state index contributed by atoms with van der Waals surface area (Å²) in [4.78, 5) is 154. The van der Waals surface area contributed by atoms with Crippen molar-refractivity contribution in [2.24, 2.45) is 0 Å². The highest BCUT2D eigenvalue weighted by Crippen LogP contribution is 2.32. The van der Waals surface area contributed by atoms with Crippen LogP contribution in [0, 0.1) is 0 Å². The molecule has 14 amide bonds. The van der Waals surface area contributed by atoms with Gasteiger partial charge in [0.05, 0.1) is 65.1 Å². The number of hydrogen-bond acceptors (Lipinski definition) is 20. The number of aliphatic hydroxyl groups is 1. The number of anilines is 5. The number of alkyl halides is 1. The number of aromatic amines is 5. The average Bonchev–Trinajstić information content (AvgIpc) is 1.65. The van der Waals surface area contributed by atoms with Crippen LogP contribution in [0.2, 0.25) is 25.1 Å². The lowest BCUT2D eigenvalue weighted by Gasteiger charge is -2.28. The molecule has 45 heteroatoms. The molecule has 17 rings (SSSR count). The number of aliphatic hydroxyl groups excluding tert-OH is 1. The summed E-state index contributed by atoms with van der Waals surface area (Å²) in [6, 6.07) is 33.2. The van der Waals surface area contributed by atoms with Crippen molar-refractivity contribution in [1.82, 2.24) is 95.7 Å². The van der Waals surface area contributed by atoms with E-state index in [2.05, 4.69) is 77.6 Å². The minimum atomic E-state index is -1.20. The lowest BCUT2D eigenvalue weighted by atomic mass is 10.0. The highest BCUT2D eigenvalue weighted by molar-refractivity contribution is 6.32. The molecule has 0 bridgehead atoms. The molecule has 2 fully saturated rings. The zero-order chi connectivity index (χ0) is 93.4. The van der Waals surface area contributed by atoms with Crippen LogP contribution in [0.5, 0.6) is 0 Å². The minimum Gasteiger partial charge on any atom is -0.389 e. The molecule has 0 radical (unpaired) electrons. The van der Waals surface area contributed by atoms with Gasteiger partial charge in [-0.1, -0.05) is 95.3 Å². The first-order chi connectivity index (χ1) is 62.8. The second-order valence-electron chi connectivity index (χ2n) is 31.4. The van der Waals surface area contributed by atoms with Crippen molar-refractivity contribution in [3.8, 4) is 0 Å². The van der Waals surface area contributed by atoms with Crippen molar-refractivity contribution in [2.75, 3.05) is 99.8 Å². The number of nitrogens with zero attached hydrogens (tertiary/aromatic N) is 14. The number of rotatable bonds is 15. The Bertz CT molecular complexity index is 5710. The first kappa shape index (κ1) is 95.8. The van der Waals surface area contributed by atoms with E-state index >= 15 is 0 Å². The Labute approximate surface area is 775 Å². The molecular weight excluding hydrogens is 1810 g/mol. The van der Waals surface area contributed by atoms with Gasteiger partial charge in [0, 0.05) is 188 Å². The SMILES string of the molecule is CC(C)ON(C)C(=O)c1n[nH]c2c1CN(C(=O)Nc1cccc(Cl)c1)CC2.CCC(=O)c1n[nH]c2c1CN(C(=O)Nc1cccc(Cl)c1)CC2.CON(C(=O)c1n[nH]c2c1CN(C(=O)Nc1cccc(Cl)c1)CC2)C(C)C.O=C(Nc1cccc(Cl)c1)N1CCc2[nH]nc(C(=O)N3CC(F)CO3)c2C1.O=C(Nc1cccc(Cl)c1)N1CCc2[nH]nc(C(=O)N3CC(O)CO3)c2C1. The summed E-state index contributed by atoms with van der Waals surface area (Å²) in [5, 5.41) is 65.9. The molecule has 2 saturated heterocycles. The van der Waals surface area contributed by atoms with Crippen molar-refractivity contribution in [3.05, 3.63) is 231 Å². The number of aromatic nitrogens is 10. The smallest absolute Gasteiger partial charge is 0.322 e. The molecule has 7 aliphatic heterocycles. The Morgan fingerprint density at radius 3 is 1.02 bits per heavy atom. The fourth-order valence-electron chi connectivity index (χ4n) is 14.9. The number of benzene rings is 5. The van der Waals surface area contributed by atoms with Gasteiger partial charge in [0.25, 0.3) is 23.6 Å². The zero-order valence-electron chi connectivity index (χ0n) is 72.2. The molecule has 5 aromatic carbocycles. The molecule has 2 unspecified atom stereocenters. The third-order valence-electron chi connectivity index (χ3n) is 21.4. The van der Waals surface area contributed by atoms with Crippen LogP contribution >= 0.6 is 58.0 Å². The molecule has 12 heterocycles. The van der Waals surface area contributed by atoms with E-state index in [4.69, 9.17) is 77.4 Å². The minimum absolute atomic E-state index is 0.0143. The summed E-state index contributed by atoms with van der Waals surface area (Å²) < 4.78 is 13.3. The van der Waals surface area contributed by atoms with Crippen LogP contribution in [-0.4, -0.2) is 258 Å². The lowest BCUT2D eigenvalue weighted by molar-refractivity contribution is -0.136. The number of nitrogens with one attached hydrogen (secondary N) is 10. The Morgan fingerprint density at radius 2 is 0.740 bits per heavy atom. The Balaban J connectivity index is 0.000000140. The molecule has 5 aromatic heterocycles.